The van der Waals surface area contributed by atoms with Crippen molar-refractivity contribution >= 4 is 22.8 Å². The third-order valence-electron chi connectivity index (χ3n) is 6.34. The van der Waals surface area contributed by atoms with E-state index < -0.39 is 0 Å². The second-order valence-electron chi connectivity index (χ2n) is 8.92. The number of hydrogen-bond acceptors (Lipinski definition) is 4. The van der Waals surface area contributed by atoms with Gasteiger partial charge in [-0.15, -0.1) is 0 Å². The van der Waals surface area contributed by atoms with Crippen LogP contribution in [0.3, 0.4) is 0 Å². The average Bonchev–Trinajstić information content (AvgIpc) is 2.79. The maximum atomic E-state index is 12.8. The van der Waals surface area contributed by atoms with Gasteiger partial charge in [0.25, 0.3) is 0 Å². The van der Waals surface area contributed by atoms with E-state index in [1.165, 1.54) is 0 Å². The molecule has 2 aromatic rings. The Morgan fingerprint density at radius 1 is 1.13 bits per heavy atom. The lowest BCUT2D eigenvalue weighted by atomic mass is 9.91. The van der Waals surface area contributed by atoms with Gasteiger partial charge in [-0.1, -0.05) is 6.07 Å². The average molecular weight is 425 g/mol. The van der Waals surface area contributed by atoms with E-state index >= 15 is 0 Å². The van der Waals surface area contributed by atoms with Crippen LogP contribution in [0.2, 0.25) is 0 Å². The Morgan fingerprint density at radius 2 is 1.94 bits per heavy atom. The van der Waals surface area contributed by atoms with Crippen molar-refractivity contribution in [2.24, 2.45) is 5.92 Å². The van der Waals surface area contributed by atoms with Gasteiger partial charge in [-0.3, -0.25) is 9.78 Å². The predicted molar refractivity (Wildman–Crippen MR) is 120 cm³/mol. The number of piperidine rings is 1. The lowest BCUT2D eigenvalue weighted by molar-refractivity contribution is -0.127. The second-order valence-corrected chi connectivity index (χ2v) is 8.92. The fraction of sp³-hybridized carbons (Fsp3) is 0.542. The van der Waals surface area contributed by atoms with Crippen LogP contribution in [-0.4, -0.2) is 66.1 Å². The van der Waals surface area contributed by atoms with E-state index in [0.717, 1.165) is 61.7 Å². The second kappa shape index (κ2) is 9.54. The van der Waals surface area contributed by atoms with E-state index in [-0.39, 0.29) is 30.0 Å². The zero-order chi connectivity index (χ0) is 21.8. The summed E-state index contributed by atoms with van der Waals surface area (Å²) >= 11 is 0. The molecule has 2 aliphatic rings. The number of fused-ring (bicyclic) bond motifs is 1. The molecule has 31 heavy (non-hydrogen) atoms. The first kappa shape index (κ1) is 21.4. The van der Waals surface area contributed by atoms with Crippen molar-refractivity contribution in [2.45, 2.75) is 50.7 Å². The van der Waals surface area contributed by atoms with Gasteiger partial charge in [-0.2, -0.15) is 0 Å². The number of carbonyl (C=O) groups excluding carboxylic acids is 2. The molecule has 1 saturated heterocycles. The van der Waals surface area contributed by atoms with Gasteiger partial charge in [0.15, 0.2) is 0 Å². The van der Waals surface area contributed by atoms with Crippen LogP contribution in [0.1, 0.15) is 38.5 Å². The number of pyridine rings is 1. The molecule has 1 aliphatic heterocycles. The van der Waals surface area contributed by atoms with Crippen LogP contribution in [0.25, 0.3) is 10.9 Å². The highest BCUT2D eigenvalue weighted by atomic mass is 16.5. The topological polar surface area (TPSA) is 74.8 Å². The van der Waals surface area contributed by atoms with Crippen LogP contribution in [0.15, 0.2) is 36.5 Å². The minimum Gasteiger partial charge on any atom is -0.490 e. The fourth-order valence-electron chi connectivity index (χ4n) is 4.61. The monoisotopic (exact) mass is 424 g/mol. The van der Waals surface area contributed by atoms with Crippen LogP contribution in [0.4, 0.5) is 4.79 Å². The van der Waals surface area contributed by atoms with Crippen LogP contribution >= 0.6 is 0 Å². The summed E-state index contributed by atoms with van der Waals surface area (Å²) in [7, 11) is 3.50. The highest BCUT2D eigenvalue weighted by molar-refractivity contribution is 5.81. The van der Waals surface area contributed by atoms with Crippen molar-refractivity contribution in [2.75, 3.05) is 27.2 Å². The molecular weight excluding hydrogens is 392 g/mol. The number of benzene rings is 1. The number of ether oxygens (including phenoxy) is 1. The number of urea groups is 1. The molecule has 1 unspecified atom stereocenters. The molecule has 1 aromatic heterocycles. The van der Waals surface area contributed by atoms with Crippen molar-refractivity contribution in [3.05, 3.63) is 36.5 Å². The molecule has 1 aromatic carbocycles. The first-order valence-corrected chi connectivity index (χ1v) is 11.3. The fourth-order valence-corrected chi connectivity index (χ4v) is 4.61. The summed E-state index contributed by atoms with van der Waals surface area (Å²) in [6.45, 7) is 1.24. The van der Waals surface area contributed by atoms with Gasteiger partial charge >= 0.3 is 6.03 Å². The van der Waals surface area contributed by atoms with E-state index in [0.29, 0.717) is 6.54 Å². The van der Waals surface area contributed by atoms with E-state index in [1.54, 1.807) is 30.1 Å². The molecule has 7 heteroatoms. The lowest BCUT2D eigenvalue weighted by Crippen LogP contribution is -2.50. The molecule has 2 heterocycles. The Kier molecular flexibility index (Phi) is 6.59. The van der Waals surface area contributed by atoms with Gasteiger partial charge in [0, 0.05) is 44.8 Å². The maximum Gasteiger partial charge on any atom is 0.319 e. The highest BCUT2D eigenvalue weighted by Gasteiger charge is 2.31. The summed E-state index contributed by atoms with van der Waals surface area (Å²) in [5.74, 6) is 0.848. The number of hydrogen-bond donors (Lipinski definition) is 1. The summed E-state index contributed by atoms with van der Waals surface area (Å²) in [6.07, 6.45) is 7.36. The molecule has 4 rings (SSSR count). The molecule has 166 valence electrons. The molecule has 7 nitrogen and oxygen atoms in total. The summed E-state index contributed by atoms with van der Waals surface area (Å²) in [5, 5.41) is 4.31. The Morgan fingerprint density at radius 3 is 2.71 bits per heavy atom. The number of rotatable bonds is 4. The summed E-state index contributed by atoms with van der Waals surface area (Å²) in [4.78, 5) is 32.7. The van der Waals surface area contributed by atoms with Gasteiger partial charge in [0.05, 0.1) is 17.5 Å². The standard InChI is InChI=1S/C24H32N4O3/c1-27(2)24(30)28-14-4-6-18(16-28)23(29)26-19-7-9-20(10-8-19)31-21-11-12-22-17(15-21)5-3-13-25-22/h3,5,11-13,15,18-20H,4,6-10,14,16H2,1-2H3,(H,26,29). The van der Waals surface area contributed by atoms with Gasteiger partial charge < -0.3 is 19.9 Å². The molecule has 0 spiro atoms. The smallest absolute Gasteiger partial charge is 0.319 e. The molecule has 1 N–H and O–H groups in total. The number of nitrogens with zero attached hydrogens (tertiary/aromatic N) is 3. The number of aromatic nitrogens is 1. The van der Waals surface area contributed by atoms with E-state index in [1.807, 2.05) is 30.3 Å². The summed E-state index contributed by atoms with van der Waals surface area (Å²) in [5.41, 5.74) is 0.967. The molecular formula is C24H32N4O3. The molecule has 0 radical (unpaired) electrons. The van der Waals surface area contributed by atoms with Crippen LogP contribution in [-0.2, 0) is 4.79 Å². The third kappa shape index (κ3) is 5.27. The van der Waals surface area contributed by atoms with E-state index in [4.69, 9.17) is 4.74 Å². The molecule has 3 amide bonds. The number of amides is 3. The van der Waals surface area contributed by atoms with Gasteiger partial charge in [0.1, 0.15) is 5.75 Å². The Hall–Kier alpha value is -2.83. The van der Waals surface area contributed by atoms with Crippen molar-refractivity contribution < 1.29 is 14.3 Å². The number of nitrogens with one attached hydrogen (secondary N) is 1. The third-order valence-corrected chi connectivity index (χ3v) is 6.34. The molecule has 1 atom stereocenters. The molecule has 2 fully saturated rings. The van der Waals surface area contributed by atoms with Crippen LogP contribution < -0.4 is 10.1 Å². The Bertz CT molecular complexity index is 924. The Balaban J connectivity index is 1.25. The summed E-state index contributed by atoms with van der Waals surface area (Å²) < 4.78 is 6.21. The quantitative estimate of drug-likeness (QED) is 0.816. The zero-order valence-electron chi connectivity index (χ0n) is 18.4. The predicted octanol–water partition coefficient (Wildman–Crippen LogP) is 3.43. The van der Waals surface area contributed by atoms with Crippen molar-refractivity contribution in [1.29, 1.82) is 0 Å². The first-order chi connectivity index (χ1) is 15.0. The maximum absolute atomic E-state index is 12.8. The van der Waals surface area contributed by atoms with Gasteiger partial charge in [0.2, 0.25) is 5.91 Å². The number of carbonyl (C=O) groups is 2. The largest absolute Gasteiger partial charge is 0.490 e. The first-order valence-electron chi connectivity index (χ1n) is 11.3. The van der Waals surface area contributed by atoms with E-state index in [9.17, 15) is 9.59 Å². The van der Waals surface area contributed by atoms with Gasteiger partial charge in [-0.25, -0.2) is 4.79 Å². The van der Waals surface area contributed by atoms with Crippen LogP contribution in [0, 0.1) is 5.92 Å². The zero-order valence-corrected chi connectivity index (χ0v) is 18.4. The van der Waals surface area contributed by atoms with E-state index in [2.05, 4.69) is 10.3 Å². The Labute approximate surface area is 183 Å². The van der Waals surface area contributed by atoms with Crippen molar-refractivity contribution in [1.82, 2.24) is 20.1 Å². The highest BCUT2D eigenvalue weighted by Crippen LogP contribution is 2.27. The van der Waals surface area contributed by atoms with Crippen molar-refractivity contribution in [3.8, 4) is 5.75 Å². The molecule has 1 saturated carbocycles. The molecule has 1 aliphatic carbocycles. The minimum absolute atomic E-state index is 0.0142. The SMILES string of the molecule is CN(C)C(=O)N1CCCC(C(=O)NC2CCC(Oc3ccc4ncccc4c3)CC2)C1. The minimum atomic E-state index is -0.113. The number of likely N-dealkylation sites (tertiary alicyclic amines) is 1. The molecule has 0 bridgehead atoms. The van der Waals surface area contributed by atoms with Gasteiger partial charge in [-0.05, 0) is 62.8 Å². The lowest BCUT2D eigenvalue weighted by Gasteiger charge is -2.35. The summed E-state index contributed by atoms with van der Waals surface area (Å²) in [6, 6.07) is 10.2. The normalized spacial score (nSPS) is 23.9. The van der Waals surface area contributed by atoms with Crippen molar-refractivity contribution in [3.63, 3.8) is 0 Å². The van der Waals surface area contributed by atoms with Crippen LogP contribution in [0.5, 0.6) is 5.75 Å².